The Balaban J connectivity index is 1.35. The van der Waals surface area contributed by atoms with E-state index in [-0.39, 0.29) is 45.8 Å². The molecule has 10 atom stereocenters. The molecule has 0 aromatic heterocycles. The van der Waals surface area contributed by atoms with Crippen LogP contribution in [0.3, 0.4) is 0 Å². The number of hydrogen-bond acceptors (Lipinski definition) is 4. The van der Waals surface area contributed by atoms with E-state index in [1.165, 1.54) is 25.7 Å². The third-order valence-corrected chi connectivity index (χ3v) is 13.3. The predicted octanol–water partition coefficient (Wildman–Crippen LogP) is 4.97. The molecule has 5 nitrogen and oxygen atoms in total. The largest absolute Gasteiger partial charge is 0.393 e. The number of aliphatic hydroxyl groups is 2. The summed E-state index contributed by atoms with van der Waals surface area (Å²) in [6, 6.07) is 0. The zero-order valence-corrected chi connectivity index (χ0v) is 23.2. The summed E-state index contributed by atoms with van der Waals surface area (Å²) in [5.41, 5.74) is -0.716. The van der Waals surface area contributed by atoms with E-state index in [0.717, 1.165) is 32.1 Å². The molecule has 0 bridgehead atoms. The van der Waals surface area contributed by atoms with E-state index in [2.05, 4.69) is 39.9 Å². The molecule has 0 aromatic carbocycles. The summed E-state index contributed by atoms with van der Waals surface area (Å²) < 4.78 is 6.68. The van der Waals surface area contributed by atoms with Crippen molar-refractivity contribution in [3.63, 3.8) is 0 Å². The Labute approximate surface area is 212 Å². The molecule has 0 aromatic rings. The molecule has 2 saturated heterocycles. The van der Waals surface area contributed by atoms with Crippen LogP contribution in [0.25, 0.3) is 0 Å². The second kappa shape index (κ2) is 6.86. The van der Waals surface area contributed by atoms with Gasteiger partial charge in [-0.05, 0) is 126 Å². The molecule has 2 heterocycles. The number of carbonyl (C=O) groups excluding carboxylic acids is 1. The molecular weight excluding hydrogens is 438 g/mol. The molecule has 1 amide bonds. The van der Waals surface area contributed by atoms with Gasteiger partial charge in [-0.3, -0.25) is 4.79 Å². The van der Waals surface area contributed by atoms with Crippen molar-refractivity contribution in [2.75, 3.05) is 0 Å². The molecule has 0 radical (unpaired) electrons. The first-order chi connectivity index (χ1) is 16.0. The Morgan fingerprint density at radius 3 is 2.23 bits per heavy atom. The van der Waals surface area contributed by atoms with Gasteiger partial charge in [-0.25, -0.2) is 0 Å². The van der Waals surface area contributed by atoms with Crippen molar-refractivity contribution in [3.8, 4) is 0 Å². The maximum atomic E-state index is 12.6. The number of nitrogens with one attached hydrogen (secondary N) is 1. The number of aliphatic hydroxyl groups excluding tert-OH is 1. The quantitative estimate of drug-likeness (QED) is 0.514. The van der Waals surface area contributed by atoms with Crippen LogP contribution in [0.1, 0.15) is 113 Å². The third kappa shape index (κ3) is 2.90. The van der Waals surface area contributed by atoms with Crippen molar-refractivity contribution in [2.24, 2.45) is 39.4 Å². The highest BCUT2D eigenvalue weighted by atomic mass is 16.5. The van der Waals surface area contributed by atoms with Gasteiger partial charge in [0, 0.05) is 17.9 Å². The Morgan fingerprint density at radius 2 is 1.57 bits per heavy atom. The van der Waals surface area contributed by atoms with Crippen molar-refractivity contribution in [1.29, 1.82) is 0 Å². The molecule has 6 rings (SSSR count). The highest BCUT2D eigenvalue weighted by Gasteiger charge is 2.82. The monoisotopic (exact) mass is 487 g/mol. The van der Waals surface area contributed by atoms with E-state index in [0.29, 0.717) is 23.7 Å². The van der Waals surface area contributed by atoms with Gasteiger partial charge in [-0.2, -0.15) is 0 Å². The molecule has 198 valence electrons. The lowest BCUT2D eigenvalue weighted by Crippen LogP contribution is -2.59. The van der Waals surface area contributed by atoms with Gasteiger partial charge in [0.05, 0.1) is 23.4 Å². The van der Waals surface area contributed by atoms with E-state index >= 15 is 0 Å². The predicted molar refractivity (Wildman–Crippen MR) is 136 cm³/mol. The third-order valence-electron chi connectivity index (χ3n) is 13.3. The van der Waals surface area contributed by atoms with Gasteiger partial charge in [0.15, 0.2) is 0 Å². The van der Waals surface area contributed by atoms with Gasteiger partial charge in [-0.15, -0.1) is 0 Å². The number of ether oxygens (including phenoxy) is 1. The Morgan fingerprint density at radius 1 is 0.914 bits per heavy atom. The lowest BCUT2D eigenvalue weighted by Gasteiger charge is -2.62. The topological polar surface area (TPSA) is 78.8 Å². The SMILES string of the molecule is CC1(C)NC(=O)CC[C@]23C[C@]24CC[C@]2(C)C(C5(C)CC[C@H](C(C)(C)O)O5)[C@@H](O)C[C@@]2(C)C4CCC13. The van der Waals surface area contributed by atoms with Crippen molar-refractivity contribution in [3.05, 3.63) is 0 Å². The minimum Gasteiger partial charge on any atom is -0.393 e. The van der Waals surface area contributed by atoms with Crippen LogP contribution in [0, 0.1) is 39.4 Å². The van der Waals surface area contributed by atoms with Crippen molar-refractivity contribution < 1.29 is 19.7 Å². The lowest BCUT2D eigenvalue weighted by atomic mass is 9.43. The zero-order valence-electron chi connectivity index (χ0n) is 23.2. The summed E-state index contributed by atoms with van der Waals surface area (Å²) >= 11 is 0. The summed E-state index contributed by atoms with van der Waals surface area (Å²) in [4.78, 5) is 12.6. The molecular formula is C30H49NO4. The van der Waals surface area contributed by atoms with Gasteiger partial charge < -0.3 is 20.3 Å². The summed E-state index contributed by atoms with van der Waals surface area (Å²) in [5, 5.41) is 25.8. The zero-order chi connectivity index (χ0) is 25.4. The molecule has 4 unspecified atom stereocenters. The smallest absolute Gasteiger partial charge is 0.220 e. The highest BCUT2D eigenvalue weighted by molar-refractivity contribution is 5.77. The summed E-state index contributed by atoms with van der Waals surface area (Å²) in [6.45, 7) is 15.4. The number of carbonyl (C=O) groups is 1. The molecule has 2 aliphatic heterocycles. The van der Waals surface area contributed by atoms with Gasteiger partial charge >= 0.3 is 0 Å². The molecule has 2 spiro atoms. The first kappa shape index (κ1) is 24.7. The van der Waals surface area contributed by atoms with E-state index in [4.69, 9.17) is 4.74 Å². The second-order valence-electron chi connectivity index (χ2n) is 15.6. The van der Waals surface area contributed by atoms with Crippen molar-refractivity contribution in [1.82, 2.24) is 5.32 Å². The molecule has 35 heavy (non-hydrogen) atoms. The first-order valence-corrected chi connectivity index (χ1v) is 14.4. The standard InChI is InChI=1S/C30H49NO4/c1-24(2)19-8-9-20-27(6)16-18(32)23(28(7)12-10-21(35-28)25(3,4)34)26(27,5)14-15-30(20)17-29(19,30)13-11-22(33)31-24/h18-21,23,32,34H,8-17H2,1-7H3,(H,31,33)/t18-,19?,20?,21+,23?,26+,27-,28?,29+,30-/m0/s1. The summed E-state index contributed by atoms with van der Waals surface area (Å²) in [5.74, 6) is 1.47. The molecule has 4 aliphatic carbocycles. The van der Waals surface area contributed by atoms with Crippen LogP contribution in [0.15, 0.2) is 0 Å². The van der Waals surface area contributed by atoms with Gasteiger partial charge in [0.2, 0.25) is 5.91 Å². The molecule has 3 N–H and O–H groups in total. The normalized spacial score (nSPS) is 56.8. The van der Waals surface area contributed by atoms with E-state index in [9.17, 15) is 15.0 Å². The van der Waals surface area contributed by atoms with Crippen molar-refractivity contribution in [2.45, 2.75) is 142 Å². The minimum absolute atomic E-state index is 0.0104. The Bertz CT molecular complexity index is 941. The fraction of sp³-hybridized carbons (Fsp3) is 0.967. The highest BCUT2D eigenvalue weighted by Crippen LogP contribution is 2.88. The maximum Gasteiger partial charge on any atom is 0.220 e. The van der Waals surface area contributed by atoms with Crippen molar-refractivity contribution >= 4 is 5.91 Å². The number of rotatable bonds is 2. The number of hydrogen-bond donors (Lipinski definition) is 3. The van der Waals surface area contributed by atoms with Crippen LogP contribution in [-0.4, -0.2) is 45.1 Å². The van der Waals surface area contributed by atoms with Crippen LogP contribution < -0.4 is 5.32 Å². The van der Waals surface area contributed by atoms with Crippen LogP contribution in [0.4, 0.5) is 0 Å². The van der Waals surface area contributed by atoms with Crippen LogP contribution in [0.2, 0.25) is 0 Å². The van der Waals surface area contributed by atoms with E-state index in [1.807, 2.05) is 13.8 Å². The van der Waals surface area contributed by atoms with E-state index in [1.54, 1.807) is 0 Å². The van der Waals surface area contributed by atoms with Gasteiger partial charge in [-0.1, -0.05) is 13.8 Å². The van der Waals surface area contributed by atoms with Gasteiger partial charge in [0.25, 0.3) is 0 Å². The second-order valence-corrected chi connectivity index (χ2v) is 15.6. The molecule has 5 heteroatoms. The minimum atomic E-state index is -0.862. The number of fused-ring (bicyclic) bond motifs is 2. The Hall–Kier alpha value is -0.650. The average molecular weight is 488 g/mol. The van der Waals surface area contributed by atoms with Gasteiger partial charge in [0.1, 0.15) is 0 Å². The summed E-state index contributed by atoms with van der Waals surface area (Å²) in [6.07, 6.45) is 9.78. The average Bonchev–Trinajstić information content (AvgIpc) is 3.16. The molecule has 6 aliphatic rings. The fourth-order valence-electron chi connectivity index (χ4n) is 11.9. The van der Waals surface area contributed by atoms with Crippen LogP contribution in [-0.2, 0) is 9.53 Å². The maximum absolute atomic E-state index is 12.6. The number of amides is 1. The van der Waals surface area contributed by atoms with Crippen LogP contribution >= 0.6 is 0 Å². The first-order valence-electron chi connectivity index (χ1n) is 14.4. The molecule has 4 saturated carbocycles. The summed E-state index contributed by atoms with van der Waals surface area (Å²) in [7, 11) is 0. The Kier molecular flexibility index (Phi) is 4.83. The lowest BCUT2D eigenvalue weighted by molar-refractivity contribution is -0.189. The fourth-order valence-corrected chi connectivity index (χ4v) is 11.9. The van der Waals surface area contributed by atoms with E-state index < -0.39 is 11.2 Å². The van der Waals surface area contributed by atoms with Crippen LogP contribution in [0.5, 0.6) is 0 Å². The molecule has 6 fully saturated rings.